The summed E-state index contributed by atoms with van der Waals surface area (Å²) in [5, 5.41) is 0. The molecular weight excluding hydrogens is 553 g/mol. The molecule has 2 aliphatic carbocycles. The van der Waals surface area contributed by atoms with Crippen molar-refractivity contribution < 1.29 is 8.42 Å². The second kappa shape index (κ2) is 9.59. The van der Waals surface area contributed by atoms with Crippen LogP contribution in [-0.4, -0.2) is 8.42 Å². The summed E-state index contributed by atoms with van der Waals surface area (Å²) in [5.41, 5.74) is 9.90. The maximum absolute atomic E-state index is 13.8. The number of benzene rings is 6. The summed E-state index contributed by atoms with van der Waals surface area (Å²) < 4.78 is 27.7. The smallest absolute Gasteiger partial charge is 0.0849 e. The molecule has 2 atom stereocenters. The largest absolute Gasteiger partial charge is 0.249 e. The highest BCUT2D eigenvalue weighted by molar-refractivity contribution is 7.85. The predicted octanol–water partition coefficient (Wildman–Crippen LogP) is 8.67. The molecule has 0 amide bonds. The van der Waals surface area contributed by atoms with Gasteiger partial charge in [0.1, 0.15) is 0 Å². The molecule has 42 heavy (non-hydrogen) atoms. The van der Waals surface area contributed by atoms with Crippen molar-refractivity contribution in [2.24, 2.45) is 0 Å². The van der Waals surface area contributed by atoms with Gasteiger partial charge in [0.25, 0.3) is 0 Å². The van der Waals surface area contributed by atoms with Crippen LogP contribution in [0, 0.1) is 6.92 Å². The van der Waals surface area contributed by atoms with Gasteiger partial charge in [0.15, 0.2) is 0 Å². The lowest BCUT2D eigenvalue weighted by molar-refractivity contribution is 0.682. The Morgan fingerprint density at radius 3 is 1.38 bits per heavy atom. The molecule has 4 heteroatoms. The minimum Gasteiger partial charge on any atom is -0.249 e. The van der Waals surface area contributed by atoms with Gasteiger partial charge in [0, 0.05) is 19.6 Å². The first kappa shape index (κ1) is 25.3. The zero-order chi connectivity index (χ0) is 28.4. The van der Waals surface area contributed by atoms with E-state index >= 15 is 0 Å². The monoisotopic (exact) mass is 578 g/mol. The summed E-state index contributed by atoms with van der Waals surface area (Å²) in [6.45, 7) is 2.13. The summed E-state index contributed by atoms with van der Waals surface area (Å²) >= 11 is 0. The highest BCUT2D eigenvalue weighted by Crippen LogP contribution is 2.63. The molecule has 2 unspecified atom stereocenters. The first-order valence-electron chi connectivity index (χ1n) is 14.0. The van der Waals surface area contributed by atoms with Gasteiger partial charge in [-0.2, -0.15) is 0 Å². The normalized spacial score (nSPS) is 17.3. The van der Waals surface area contributed by atoms with Crippen LogP contribution in [0.15, 0.2) is 159 Å². The summed E-state index contributed by atoms with van der Waals surface area (Å²) in [6.07, 6.45) is 0. The maximum atomic E-state index is 13.8. The van der Waals surface area contributed by atoms with Gasteiger partial charge < -0.3 is 0 Å². The third kappa shape index (κ3) is 3.55. The zero-order valence-corrected chi connectivity index (χ0v) is 24.5. The molecule has 0 heterocycles. The molecule has 0 fully saturated rings. The summed E-state index contributed by atoms with van der Waals surface area (Å²) in [7, 11) is -2.65. The number of aryl methyl sites for hydroxylation is 1. The van der Waals surface area contributed by atoms with E-state index in [2.05, 4.69) is 73.7 Å². The van der Waals surface area contributed by atoms with Crippen LogP contribution < -0.4 is 0 Å². The Labute approximate surface area is 250 Å². The molecule has 202 valence electrons. The SMILES string of the molecule is Cc1ccc2c(c1)C1(c3ccccc3-2)c2cc(S(=O)c3ccccc3)ccc2-c2ccc(S(=O)c3ccccc3)cc21. The lowest BCUT2D eigenvalue weighted by atomic mass is 9.70. The van der Waals surface area contributed by atoms with Crippen LogP contribution in [0.2, 0.25) is 0 Å². The molecule has 0 saturated carbocycles. The minimum atomic E-state index is -1.33. The van der Waals surface area contributed by atoms with E-state index in [0.29, 0.717) is 0 Å². The van der Waals surface area contributed by atoms with E-state index in [1.54, 1.807) is 0 Å². The zero-order valence-electron chi connectivity index (χ0n) is 22.9. The van der Waals surface area contributed by atoms with Crippen molar-refractivity contribution in [3.63, 3.8) is 0 Å². The third-order valence-electron chi connectivity index (χ3n) is 8.62. The standard InChI is InChI=1S/C38H26O2S2/c1-25-16-19-31-30-14-8-9-15-34(30)38(35(31)22-25)36-23-28(41(39)26-10-4-2-5-11-26)17-20-32(36)33-21-18-29(24-37(33)38)42(40)27-12-6-3-7-13-27/h2-24H,1H3. The molecule has 2 nitrogen and oxygen atoms in total. The molecule has 6 aromatic rings. The number of rotatable bonds is 4. The van der Waals surface area contributed by atoms with E-state index in [1.165, 1.54) is 27.8 Å². The highest BCUT2D eigenvalue weighted by atomic mass is 32.2. The molecule has 6 aromatic carbocycles. The van der Waals surface area contributed by atoms with Gasteiger partial charge in [-0.25, -0.2) is 8.42 Å². The fourth-order valence-corrected chi connectivity index (χ4v) is 9.03. The van der Waals surface area contributed by atoms with Gasteiger partial charge in [0.05, 0.1) is 27.0 Å². The van der Waals surface area contributed by atoms with E-state index in [-0.39, 0.29) is 0 Å². The van der Waals surface area contributed by atoms with Gasteiger partial charge in [0.2, 0.25) is 0 Å². The van der Waals surface area contributed by atoms with Gasteiger partial charge in [-0.15, -0.1) is 0 Å². The van der Waals surface area contributed by atoms with Gasteiger partial charge >= 0.3 is 0 Å². The Morgan fingerprint density at radius 1 is 0.405 bits per heavy atom. The topological polar surface area (TPSA) is 34.1 Å². The Balaban J connectivity index is 1.44. The van der Waals surface area contributed by atoms with Crippen LogP contribution in [-0.2, 0) is 27.0 Å². The molecule has 0 N–H and O–H groups in total. The second-order valence-electron chi connectivity index (χ2n) is 10.9. The fraction of sp³-hybridized carbons (Fsp3) is 0.0526. The van der Waals surface area contributed by atoms with E-state index in [1.807, 2.05) is 72.8 Å². The average molecular weight is 579 g/mol. The van der Waals surface area contributed by atoms with E-state index in [4.69, 9.17) is 0 Å². The molecule has 0 bridgehead atoms. The van der Waals surface area contributed by atoms with Crippen molar-refractivity contribution in [1.82, 2.24) is 0 Å². The lowest BCUT2D eigenvalue weighted by Gasteiger charge is -2.31. The predicted molar refractivity (Wildman–Crippen MR) is 170 cm³/mol. The Hall–Kier alpha value is -4.38. The van der Waals surface area contributed by atoms with Crippen LogP contribution in [0.1, 0.15) is 27.8 Å². The first-order valence-corrected chi connectivity index (χ1v) is 16.3. The molecule has 0 aromatic heterocycles. The van der Waals surface area contributed by atoms with Gasteiger partial charge in [-0.1, -0.05) is 96.6 Å². The number of hydrogen-bond donors (Lipinski definition) is 0. The van der Waals surface area contributed by atoms with Crippen molar-refractivity contribution >= 4 is 21.6 Å². The van der Waals surface area contributed by atoms with E-state index < -0.39 is 27.0 Å². The number of hydrogen-bond acceptors (Lipinski definition) is 2. The highest BCUT2D eigenvalue weighted by Gasteiger charge is 2.52. The molecule has 0 aliphatic heterocycles. The molecular formula is C38H26O2S2. The third-order valence-corrected chi connectivity index (χ3v) is 11.4. The van der Waals surface area contributed by atoms with E-state index in [0.717, 1.165) is 41.8 Å². The maximum Gasteiger partial charge on any atom is 0.0849 e. The van der Waals surface area contributed by atoms with Gasteiger partial charge in [-0.05, 0) is 100.0 Å². The van der Waals surface area contributed by atoms with Crippen LogP contribution in [0.5, 0.6) is 0 Å². The lowest BCUT2D eigenvalue weighted by Crippen LogP contribution is -2.26. The van der Waals surface area contributed by atoms with Crippen molar-refractivity contribution in [3.8, 4) is 22.3 Å². The fourth-order valence-electron chi connectivity index (χ4n) is 6.85. The quantitative estimate of drug-likeness (QED) is 0.209. The van der Waals surface area contributed by atoms with E-state index in [9.17, 15) is 8.42 Å². The minimum absolute atomic E-state index is 0.615. The van der Waals surface area contributed by atoms with Crippen molar-refractivity contribution in [1.29, 1.82) is 0 Å². The molecule has 2 aliphatic rings. The summed E-state index contributed by atoms with van der Waals surface area (Å²) in [5.74, 6) is 0. The summed E-state index contributed by atoms with van der Waals surface area (Å²) in [4.78, 5) is 3.12. The van der Waals surface area contributed by atoms with Crippen LogP contribution in [0.25, 0.3) is 22.3 Å². The molecule has 0 radical (unpaired) electrons. The molecule has 1 spiro atoms. The Morgan fingerprint density at radius 2 is 0.833 bits per heavy atom. The average Bonchev–Trinajstić information content (AvgIpc) is 3.50. The van der Waals surface area contributed by atoms with Gasteiger partial charge in [-0.3, -0.25) is 0 Å². The number of fused-ring (bicyclic) bond motifs is 10. The second-order valence-corrected chi connectivity index (χ2v) is 13.9. The Kier molecular flexibility index (Phi) is 5.78. The Bertz CT molecular complexity index is 1980. The molecule has 8 rings (SSSR count). The van der Waals surface area contributed by atoms with Crippen molar-refractivity contribution in [2.45, 2.75) is 31.9 Å². The van der Waals surface area contributed by atoms with Crippen LogP contribution in [0.3, 0.4) is 0 Å². The molecule has 0 saturated heterocycles. The van der Waals surface area contributed by atoms with Crippen molar-refractivity contribution in [2.75, 3.05) is 0 Å². The first-order chi connectivity index (χ1) is 20.6. The summed E-state index contributed by atoms with van der Waals surface area (Å²) in [6, 6.07) is 47.2. The van der Waals surface area contributed by atoms with Crippen LogP contribution in [0.4, 0.5) is 0 Å². The van der Waals surface area contributed by atoms with Crippen LogP contribution >= 0.6 is 0 Å². The van der Waals surface area contributed by atoms with Crippen molar-refractivity contribution in [3.05, 3.63) is 167 Å².